The second-order valence-corrected chi connectivity index (χ2v) is 3.43. The Morgan fingerprint density at radius 2 is 2.23 bits per heavy atom. The Morgan fingerprint density at radius 1 is 1.46 bits per heavy atom. The first-order chi connectivity index (χ1) is 6.25. The van der Waals surface area contributed by atoms with Gasteiger partial charge < -0.3 is 5.32 Å². The molecule has 0 aromatic carbocycles. The fraction of sp³-hybridized carbons (Fsp3) is 0.700. The maximum Gasteiger partial charge on any atom is 0.126 e. The molecule has 0 fully saturated rings. The van der Waals surface area contributed by atoms with Crippen LogP contribution in [0.1, 0.15) is 31.7 Å². The molecule has 74 valence electrons. The molecule has 13 heavy (non-hydrogen) atoms. The van der Waals surface area contributed by atoms with Gasteiger partial charge in [-0.05, 0) is 13.3 Å². The van der Waals surface area contributed by atoms with Crippen LogP contribution in [0.3, 0.4) is 0 Å². The fourth-order valence-electron chi connectivity index (χ4n) is 1.38. The third-order valence-electron chi connectivity index (χ3n) is 2.19. The zero-order chi connectivity index (χ0) is 9.68. The van der Waals surface area contributed by atoms with E-state index in [9.17, 15) is 0 Å². The van der Waals surface area contributed by atoms with E-state index in [1.165, 1.54) is 24.8 Å². The topological polar surface area (TPSA) is 29.9 Å². The van der Waals surface area contributed by atoms with E-state index in [4.69, 9.17) is 0 Å². The second-order valence-electron chi connectivity index (χ2n) is 3.43. The van der Waals surface area contributed by atoms with Gasteiger partial charge in [0, 0.05) is 19.2 Å². The molecule has 0 atom stereocenters. The smallest absolute Gasteiger partial charge is 0.126 e. The molecule has 0 spiro atoms. The van der Waals surface area contributed by atoms with Gasteiger partial charge in [0.1, 0.15) is 5.82 Å². The van der Waals surface area contributed by atoms with Crippen molar-refractivity contribution in [2.45, 2.75) is 33.1 Å². The lowest BCUT2D eigenvalue weighted by Gasteiger charge is -2.06. The number of rotatable bonds is 5. The van der Waals surface area contributed by atoms with Crippen molar-refractivity contribution in [3.63, 3.8) is 0 Å². The van der Waals surface area contributed by atoms with E-state index < -0.39 is 0 Å². The standard InChI is InChI=1S/C10H19N3/c1-4-5-6-7-11-10-9(2)8-12-13(10)3/h8,11H,4-7H2,1-3H3. The molecule has 1 aromatic rings. The fourth-order valence-corrected chi connectivity index (χ4v) is 1.38. The molecule has 1 N–H and O–H groups in total. The molecular weight excluding hydrogens is 162 g/mol. The van der Waals surface area contributed by atoms with Crippen LogP contribution < -0.4 is 5.32 Å². The average molecular weight is 181 g/mol. The number of nitrogens with zero attached hydrogens (tertiary/aromatic N) is 2. The first-order valence-electron chi connectivity index (χ1n) is 4.98. The third kappa shape index (κ3) is 2.76. The number of anilines is 1. The Bertz CT molecular complexity index is 233. The van der Waals surface area contributed by atoms with Crippen LogP contribution in [0.2, 0.25) is 0 Å². The van der Waals surface area contributed by atoms with Crippen molar-refractivity contribution in [2.24, 2.45) is 7.05 Å². The van der Waals surface area contributed by atoms with Crippen LogP contribution in [0.5, 0.6) is 0 Å². The number of nitrogens with one attached hydrogen (secondary N) is 1. The van der Waals surface area contributed by atoms with Crippen molar-refractivity contribution < 1.29 is 0 Å². The van der Waals surface area contributed by atoms with Crippen LogP contribution in [0, 0.1) is 6.92 Å². The maximum absolute atomic E-state index is 4.17. The third-order valence-corrected chi connectivity index (χ3v) is 2.19. The van der Waals surface area contributed by atoms with Gasteiger partial charge >= 0.3 is 0 Å². The summed E-state index contributed by atoms with van der Waals surface area (Å²) in [6.07, 6.45) is 5.69. The summed E-state index contributed by atoms with van der Waals surface area (Å²) in [5.41, 5.74) is 1.22. The number of aryl methyl sites for hydroxylation is 2. The Kier molecular flexibility index (Phi) is 3.80. The Hall–Kier alpha value is -0.990. The molecule has 0 bridgehead atoms. The first kappa shape index (κ1) is 10.1. The lowest BCUT2D eigenvalue weighted by atomic mass is 10.2. The first-order valence-corrected chi connectivity index (χ1v) is 4.98. The molecule has 3 nitrogen and oxygen atoms in total. The molecule has 1 heterocycles. The van der Waals surface area contributed by atoms with Crippen molar-refractivity contribution in [2.75, 3.05) is 11.9 Å². The molecular formula is C10H19N3. The van der Waals surface area contributed by atoms with Crippen LogP contribution >= 0.6 is 0 Å². The highest BCUT2D eigenvalue weighted by Crippen LogP contribution is 2.11. The number of unbranched alkanes of at least 4 members (excludes halogenated alkanes) is 2. The summed E-state index contributed by atoms with van der Waals surface area (Å²) in [5, 5.41) is 7.57. The quantitative estimate of drug-likeness (QED) is 0.706. The van der Waals surface area contributed by atoms with Crippen LogP contribution in [0.25, 0.3) is 0 Å². The van der Waals surface area contributed by atoms with E-state index in [2.05, 4.69) is 24.3 Å². The number of aromatic nitrogens is 2. The molecule has 0 amide bonds. The molecule has 1 aromatic heterocycles. The Morgan fingerprint density at radius 3 is 2.77 bits per heavy atom. The van der Waals surface area contributed by atoms with Crippen molar-refractivity contribution in [1.29, 1.82) is 0 Å². The van der Waals surface area contributed by atoms with Gasteiger partial charge in [-0.15, -0.1) is 0 Å². The molecule has 0 aliphatic carbocycles. The molecule has 0 aliphatic rings. The zero-order valence-electron chi connectivity index (χ0n) is 8.80. The van der Waals surface area contributed by atoms with Gasteiger partial charge in [0.15, 0.2) is 0 Å². The molecule has 0 unspecified atom stereocenters. The SMILES string of the molecule is CCCCCNc1c(C)cnn1C. The van der Waals surface area contributed by atoms with E-state index in [0.29, 0.717) is 0 Å². The van der Waals surface area contributed by atoms with Gasteiger partial charge in [-0.2, -0.15) is 5.10 Å². The highest BCUT2D eigenvalue weighted by molar-refractivity contribution is 5.42. The maximum atomic E-state index is 4.17. The van der Waals surface area contributed by atoms with Gasteiger partial charge in [-0.25, -0.2) is 0 Å². The van der Waals surface area contributed by atoms with Crippen LogP contribution in [0.15, 0.2) is 6.20 Å². The van der Waals surface area contributed by atoms with Crippen molar-refractivity contribution in [1.82, 2.24) is 9.78 Å². The lowest BCUT2D eigenvalue weighted by Crippen LogP contribution is -2.07. The van der Waals surface area contributed by atoms with Gasteiger partial charge in [0.05, 0.1) is 6.20 Å². The predicted molar refractivity (Wildman–Crippen MR) is 56.0 cm³/mol. The van der Waals surface area contributed by atoms with E-state index in [1.54, 1.807) is 0 Å². The van der Waals surface area contributed by atoms with E-state index in [1.807, 2.05) is 17.9 Å². The highest BCUT2D eigenvalue weighted by atomic mass is 15.3. The molecule has 1 rings (SSSR count). The number of hydrogen-bond donors (Lipinski definition) is 1. The van der Waals surface area contributed by atoms with E-state index in [0.717, 1.165) is 12.4 Å². The average Bonchev–Trinajstić information content (AvgIpc) is 2.42. The van der Waals surface area contributed by atoms with Gasteiger partial charge in [0.2, 0.25) is 0 Å². The zero-order valence-corrected chi connectivity index (χ0v) is 8.80. The summed E-state index contributed by atoms with van der Waals surface area (Å²) in [5.74, 6) is 1.15. The monoisotopic (exact) mass is 181 g/mol. The molecule has 0 saturated carbocycles. The molecule has 0 saturated heterocycles. The van der Waals surface area contributed by atoms with E-state index >= 15 is 0 Å². The van der Waals surface area contributed by atoms with Crippen molar-refractivity contribution in [3.05, 3.63) is 11.8 Å². The van der Waals surface area contributed by atoms with E-state index in [-0.39, 0.29) is 0 Å². The molecule has 3 heteroatoms. The minimum atomic E-state index is 1.05. The normalized spacial score (nSPS) is 10.4. The summed E-state index contributed by atoms with van der Waals surface area (Å²) < 4.78 is 1.89. The molecule has 0 radical (unpaired) electrons. The highest BCUT2D eigenvalue weighted by Gasteiger charge is 2.01. The summed E-state index contributed by atoms with van der Waals surface area (Å²) in [7, 11) is 1.97. The minimum absolute atomic E-state index is 1.05. The second kappa shape index (κ2) is 4.90. The summed E-state index contributed by atoms with van der Waals surface area (Å²) in [4.78, 5) is 0. The lowest BCUT2D eigenvalue weighted by molar-refractivity contribution is 0.725. The van der Waals surface area contributed by atoms with Gasteiger partial charge in [0.25, 0.3) is 0 Å². The molecule has 0 aliphatic heterocycles. The Labute approximate surface area is 80.1 Å². The van der Waals surface area contributed by atoms with Crippen LogP contribution in [-0.4, -0.2) is 16.3 Å². The minimum Gasteiger partial charge on any atom is -0.370 e. The Balaban J connectivity index is 2.36. The van der Waals surface area contributed by atoms with Crippen LogP contribution in [-0.2, 0) is 7.05 Å². The summed E-state index contributed by atoms with van der Waals surface area (Å²) in [6.45, 7) is 5.35. The van der Waals surface area contributed by atoms with Gasteiger partial charge in [-0.3, -0.25) is 4.68 Å². The predicted octanol–water partition coefficient (Wildman–Crippen LogP) is 2.33. The summed E-state index contributed by atoms with van der Waals surface area (Å²) >= 11 is 0. The largest absolute Gasteiger partial charge is 0.370 e. The van der Waals surface area contributed by atoms with Crippen LogP contribution in [0.4, 0.5) is 5.82 Å². The van der Waals surface area contributed by atoms with Crippen molar-refractivity contribution >= 4 is 5.82 Å². The van der Waals surface area contributed by atoms with Crippen molar-refractivity contribution in [3.8, 4) is 0 Å². The summed E-state index contributed by atoms with van der Waals surface area (Å²) in [6, 6.07) is 0. The van der Waals surface area contributed by atoms with Gasteiger partial charge in [-0.1, -0.05) is 19.8 Å². The number of hydrogen-bond acceptors (Lipinski definition) is 2.